The monoisotopic (exact) mass is 570 g/mol. The number of carboxylic acid groups (broad SMARTS) is 1. The summed E-state index contributed by atoms with van der Waals surface area (Å²) >= 11 is 0. The van der Waals surface area contributed by atoms with Gasteiger partial charge in [0.1, 0.15) is 17.5 Å². The van der Waals surface area contributed by atoms with Gasteiger partial charge in [0.15, 0.2) is 0 Å². The first-order valence-corrected chi connectivity index (χ1v) is 14.3. The molecule has 2 aromatic carbocycles. The van der Waals surface area contributed by atoms with Gasteiger partial charge >= 0.3 is 12.2 Å². The second kappa shape index (κ2) is 11.0. The van der Waals surface area contributed by atoms with Crippen molar-refractivity contribution in [3.05, 3.63) is 66.4 Å². The zero-order valence-electron chi connectivity index (χ0n) is 23.9. The molecule has 6 rings (SSSR count). The van der Waals surface area contributed by atoms with Crippen LogP contribution in [0, 0.1) is 0 Å². The molecule has 2 unspecified atom stereocenters. The summed E-state index contributed by atoms with van der Waals surface area (Å²) in [5.41, 5.74) is 4.15. The molecule has 0 saturated carbocycles. The van der Waals surface area contributed by atoms with Crippen molar-refractivity contribution in [3.63, 3.8) is 0 Å². The Morgan fingerprint density at radius 2 is 1.50 bits per heavy atom. The van der Waals surface area contributed by atoms with Gasteiger partial charge in [-0.05, 0) is 63.1 Å². The first-order chi connectivity index (χ1) is 20.2. The molecule has 4 aromatic rings. The molecule has 11 heteroatoms. The fourth-order valence-electron chi connectivity index (χ4n) is 5.64. The van der Waals surface area contributed by atoms with Crippen LogP contribution < -0.4 is 0 Å². The molecule has 4 heterocycles. The lowest BCUT2D eigenvalue weighted by Crippen LogP contribution is -2.36. The number of rotatable bonds is 5. The summed E-state index contributed by atoms with van der Waals surface area (Å²) in [6, 6.07) is 15.5. The molecule has 0 bridgehead atoms. The van der Waals surface area contributed by atoms with E-state index in [-0.39, 0.29) is 18.2 Å². The summed E-state index contributed by atoms with van der Waals surface area (Å²) < 4.78 is 11.1. The van der Waals surface area contributed by atoms with Crippen LogP contribution in [-0.2, 0) is 4.74 Å². The van der Waals surface area contributed by atoms with Crippen LogP contribution in [0.25, 0.3) is 33.8 Å². The van der Waals surface area contributed by atoms with Crippen molar-refractivity contribution < 1.29 is 24.0 Å². The minimum absolute atomic E-state index is 0.230. The van der Waals surface area contributed by atoms with Crippen LogP contribution in [0.1, 0.15) is 70.3 Å². The Morgan fingerprint density at radius 3 is 2.14 bits per heavy atom. The van der Waals surface area contributed by atoms with Crippen LogP contribution in [0.5, 0.6) is 0 Å². The van der Waals surface area contributed by atoms with E-state index in [9.17, 15) is 14.7 Å². The van der Waals surface area contributed by atoms with Gasteiger partial charge in [0.2, 0.25) is 11.7 Å². The molecule has 2 aliphatic rings. The van der Waals surface area contributed by atoms with E-state index < -0.39 is 11.7 Å². The summed E-state index contributed by atoms with van der Waals surface area (Å²) in [6.45, 7) is 6.67. The lowest BCUT2D eigenvalue weighted by Gasteiger charge is -2.26. The molecule has 2 N–H and O–H groups in total. The topological polar surface area (TPSA) is 138 Å². The number of amides is 2. The summed E-state index contributed by atoms with van der Waals surface area (Å²) in [5, 5.41) is 13.6. The molecule has 2 aromatic heterocycles. The Labute approximate surface area is 243 Å². The minimum Gasteiger partial charge on any atom is -0.465 e. The molecule has 2 amide bonds. The first kappa shape index (κ1) is 27.5. The largest absolute Gasteiger partial charge is 0.465 e. The zero-order chi connectivity index (χ0) is 29.4. The Kier molecular flexibility index (Phi) is 7.17. The highest BCUT2D eigenvalue weighted by atomic mass is 16.6. The normalized spacial score (nSPS) is 18.9. The maximum Gasteiger partial charge on any atom is 0.410 e. The van der Waals surface area contributed by atoms with E-state index in [4.69, 9.17) is 9.26 Å². The molecular weight excluding hydrogens is 536 g/mol. The molecule has 11 nitrogen and oxygen atoms in total. The van der Waals surface area contributed by atoms with E-state index in [1.165, 1.54) is 4.90 Å². The third-order valence-electron chi connectivity index (χ3n) is 7.69. The molecule has 0 aliphatic carbocycles. The quantitative estimate of drug-likeness (QED) is 0.271. The van der Waals surface area contributed by atoms with Gasteiger partial charge in [-0.25, -0.2) is 14.6 Å². The van der Waals surface area contributed by atoms with Crippen LogP contribution >= 0.6 is 0 Å². The van der Waals surface area contributed by atoms with Crippen LogP contribution in [-0.4, -0.2) is 65.9 Å². The second-order valence-electron chi connectivity index (χ2n) is 11.8. The van der Waals surface area contributed by atoms with E-state index in [0.717, 1.165) is 53.6 Å². The van der Waals surface area contributed by atoms with Crippen molar-refractivity contribution >= 4 is 12.2 Å². The first-order valence-electron chi connectivity index (χ1n) is 14.3. The molecule has 2 aliphatic heterocycles. The van der Waals surface area contributed by atoms with Crippen molar-refractivity contribution in [2.45, 2.75) is 64.1 Å². The highest BCUT2D eigenvalue weighted by Gasteiger charge is 2.37. The Balaban J connectivity index is 1.13. The number of hydrogen-bond acceptors (Lipinski definition) is 7. The Bertz CT molecular complexity index is 1570. The number of benzene rings is 2. The number of carbonyl (C=O) groups is 2. The number of carbonyl (C=O) groups excluding carboxylic acids is 1. The van der Waals surface area contributed by atoms with E-state index in [0.29, 0.717) is 30.6 Å². The number of hydrogen-bond donors (Lipinski definition) is 2. The van der Waals surface area contributed by atoms with E-state index in [1.807, 2.05) is 69.3 Å². The van der Waals surface area contributed by atoms with Crippen LogP contribution in [0.15, 0.2) is 59.3 Å². The number of aromatic amines is 1. The lowest BCUT2D eigenvalue weighted by molar-refractivity contribution is 0.0199. The van der Waals surface area contributed by atoms with Gasteiger partial charge in [-0.3, -0.25) is 9.80 Å². The molecule has 0 spiro atoms. The number of nitrogens with zero attached hydrogens (tertiary/aromatic N) is 5. The number of ether oxygens (including phenoxy) is 1. The smallest absolute Gasteiger partial charge is 0.410 e. The molecule has 2 atom stereocenters. The van der Waals surface area contributed by atoms with Crippen molar-refractivity contribution in [2.24, 2.45) is 0 Å². The number of nitrogens with one attached hydrogen (secondary N) is 1. The highest BCUT2D eigenvalue weighted by molar-refractivity contribution is 5.71. The summed E-state index contributed by atoms with van der Waals surface area (Å²) in [5.74, 6) is 1.57. The highest BCUT2D eigenvalue weighted by Crippen LogP contribution is 2.34. The van der Waals surface area contributed by atoms with Crippen LogP contribution in [0.2, 0.25) is 0 Å². The van der Waals surface area contributed by atoms with Gasteiger partial charge in [-0.1, -0.05) is 53.7 Å². The average molecular weight is 571 g/mol. The summed E-state index contributed by atoms with van der Waals surface area (Å²) in [6.07, 6.45) is 3.68. The van der Waals surface area contributed by atoms with E-state index in [1.54, 1.807) is 11.1 Å². The van der Waals surface area contributed by atoms with Crippen LogP contribution in [0.4, 0.5) is 9.59 Å². The fraction of sp³-hybridized carbons (Fsp3) is 0.387. The Morgan fingerprint density at radius 1 is 0.905 bits per heavy atom. The molecule has 2 fully saturated rings. The van der Waals surface area contributed by atoms with Gasteiger partial charge in [-0.2, -0.15) is 4.98 Å². The van der Waals surface area contributed by atoms with E-state index in [2.05, 4.69) is 20.1 Å². The van der Waals surface area contributed by atoms with Crippen molar-refractivity contribution in [1.82, 2.24) is 29.9 Å². The van der Waals surface area contributed by atoms with E-state index >= 15 is 0 Å². The van der Waals surface area contributed by atoms with Gasteiger partial charge in [0.25, 0.3) is 0 Å². The van der Waals surface area contributed by atoms with Crippen molar-refractivity contribution in [2.75, 3.05) is 13.1 Å². The van der Waals surface area contributed by atoms with Gasteiger partial charge < -0.3 is 19.4 Å². The standard InChI is InChI=1S/C31H34N6O5/c1-31(2,3)41-30(40)37-17-5-7-25(37)28-34-26(35-42-28)22-14-10-20(11-15-22)19-8-12-21(13-9-19)23-18-32-27(33-23)24-6-4-16-36(24)29(38)39/h8-15,18,24-25H,4-7,16-17H2,1-3H3,(H,32,33)(H,38,39). The maximum atomic E-state index is 12.7. The Hall–Kier alpha value is -4.67. The summed E-state index contributed by atoms with van der Waals surface area (Å²) in [7, 11) is 0. The van der Waals surface area contributed by atoms with Crippen molar-refractivity contribution in [3.8, 4) is 33.8 Å². The van der Waals surface area contributed by atoms with Gasteiger partial charge in [-0.15, -0.1) is 0 Å². The average Bonchev–Trinajstić information content (AvgIpc) is 3.78. The van der Waals surface area contributed by atoms with Crippen LogP contribution in [0.3, 0.4) is 0 Å². The van der Waals surface area contributed by atoms with Gasteiger partial charge in [0.05, 0.1) is 17.9 Å². The fourth-order valence-corrected chi connectivity index (χ4v) is 5.64. The number of imidazole rings is 1. The predicted octanol–water partition coefficient (Wildman–Crippen LogP) is 6.68. The third-order valence-corrected chi connectivity index (χ3v) is 7.69. The predicted molar refractivity (Wildman–Crippen MR) is 154 cm³/mol. The number of likely N-dealkylation sites (tertiary alicyclic amines) is 2. The molecule has 218 valence electrons. The van der Waals surface area contributed by atoms with Crippen molar-refractivity contribution in [1.29, 1.82) is 0 Å². The molecule has 2 saturated heterocycles. The number of aromatic nitrogens is 4. The zero-order valence-corrected chi connectivity index (χ0v) is 23.9. The van der Waals surface area contributed by atoms with Gasteiger partial charge in [0, 0.05) is 18.7 Å². The molecule has 42 heavy (non-hydrogen) atoms. The minimum atomic E-state index is -0.913. The molecular formula is C31H34N6O5. The number of H-pyrrole nitrogens is 1. The lowest BCUT2D eigenvalue weighted by atomic mass is 10.0. The SMILES string of the molecule is CC(C)(C)OC(=O)N1CCCC1c1nc(-c2ccc(-c3ccc(-c4cnc(C5CCCN5C(=O)O)[nH]4)cc3)cc2)no1. The second-order valence-corrected chi connectivity index (χ2v) is 11.8. The maximum absolute atomic E-state index is 12.7. The molecule has 0 radical (unpaired) electrons. The third kappa shape index (κ3) is 5.59. The summed E-state index contributed by atoms with van der Waals surface area (Å²) in [4.78, 5) is 39.7.